The number of piperazine rings is 1. The lowest BCUT2D eigenvalue weighted by Crippen LogP contribution is -2.51. The maximum Gasteiger partial charge on any atom is 0.281 e. The van der Waals surface area contributed by atoms with E-state index in [9.17, 15) is 8.42 Å². The summed E-state index contributed by atoms with van der Waals surface area (Å²) in [4.78, 5) is 2.17. The van der Waals surface area contributed by atoms with Crippen LogP contribution < -0.4 is 9.64 Å². The summed E-state index contributed by atoms with van der Waals surface area (Å²) in [5.74, 6) is 1.56. The van der Waals surface area contributed by atoms with Crippen LogP contribution in [-0.4, -0.2) is 57.3 Å². The SMILES string of the molecule is CN(C)S(=O)(=O)N1CCN(c2ccccc2Oc2ccccc2)CC1. The molecule has 6 nitrogen and oxygen atoms in total. The molecule has 1 heterocycles. The average Bonchev–Trinajstić information content (AvgIpc) is 2.63. The van der Waals surface area contributed by atoms with Crippen LogP contribution in [0.15, 0.2) is 54.6 Å². The first-order valence-electron chi connectivity index (χ1n) is 8.23. The summed E-state index contributed by atoms with van der Waals surface area (Å²) in [5.41, 5.74) is 0.980. The third-order valence-electron chi connectivity index (χ3n) is 4.20. The summed E-state index contributed by atoms with van der Waals surface area (Å²) in [6.45, 7) is 2.17. The van der Waals surface area contributed by atoms with Gasteiger partial charge in [0.05, 0.1) is 5.69 Å². The molecule has 3 rings (SSSR count). The monoisotopic (exact) mass is 361 g/mol. The van der Waals surface area contributed by atoms with Gasteiger partial charge in [-0.2, -0.15) is 17.0 Å². The van der Waals surface area contributed by atoms with E-state index in [0.717, 1.165) is 17.2 Å². The molecule has 1 saturated heterocycles. The van der Waals surface area contributed by atoms with Crippen molar-refractivity contribution in [2.45, 2.75) is 0 Å². The molecule has 0 spiro atoms. The summed E-state index contributed by atoms with van der Waals surface area (Å²) in [5, 5.41) is 0. The van der Waals surface area contributed by atoms with E-state index >= 15 is 0 Å². The van der Waals surface area contributed by atoms with Crippen molar-refractivity contribution in [2.75, 3.05) is 45.2 Å². The Balaban J connectivity index is 1.74. The Morgan fingerprint density at radius 3 is 2.12 bits per heavy atom. The van der Waals surface area contributed by atoms with E-state index < -0.39 is 10.2 Å². The maximum absolute atomic E-state index is 12.2. The van der Waals surface area contributed by atoms with Gasteiger partial charge in [-0.05, 0) is 24.3 Å². The van der Waals surface area contributed by atoms with Gasteiger partial charge in [0, 0.05) is 40.3 Å². The molecule has 0 bridgehead atoms. The Hall–Kier alpha value is -2.09. The molecule has 7 heteroatoms. The Morgan fingerprint density at radius 2 is 1.48 bits per heavy atom. The zero-order valence-electron chi connectivity index (χ0n) is 14.5. The van der Waals surface area contributed by atoms with Crippen molar-refractivity contribution < 1.29 is 13.2 Å². The number of hydrogen-bond acceptors (Lipinski definition) is 4. The van der Waals surface area contributed by atoms with E-state index in [0.29, 0.717) is 26.2 Å². The molecule has 0 radical (unpaired) electrons. The van der Waals surface area contributed by atoms with Crippen molar-refractivity contribution in [3.63, 3.8) is 0 Å². The zero-order valence-corrected chi connectivity index (χ0v) is 15.3. The fourth-order valence-corrected chi connectivity index (χ4v) is 3.90. The second-order valence-electron chi connectivity index (χ2n) is 6.06. The van der Waals surface area contributed by atoms with Gasteiger partial charge >= 0.3 is 0 Å². The van der Waals surface area contributed by atoms with Gasteiger partial charge in [-0.25, -0.2) is 0 Å². The first-order chi connectivity index (χ1) is 12.0. The molecule has 0 amide bonds. The molecular weight excluding hydrogens is 338 g/mol. The van der Waals surface area contributed by atoms with Gasteiger partial charge < -0.3 is 9.64 Å². The van der Waals surface area contributed by atoms with Crippen LogP contribution in [0.2, 0.25) is 0 Å². The molecule has 2 aromatic carbocycles. The van der Waals surface area contributed by atoms with E-state index in [4.69, 9.17) is 4.74 Å². The van der Waals surface area contributed by atoms with E-state index in [-0.39, 0.29) is 0 Å². The summed E-state index contributed by atoms with van der Waals surface area (Å²) in [7, 11) is -0.235. The summed E-state index contributed by atoms with van der Waals surface area (Å²) < 4.78 is 33.3. The highest BCUT2D eigenvalue weighted by Crippen LogP contribution is 2.32. The van der Waals surface area contributed by atoms with Crippen LogP contribution in [0.4, 0.5) is 5.69 Å². The third kappa shape index (κ3) is 3.95. The topological polar surface area (TPSA) is 53.1 Å². The molecule has 0 aliphatic carbocycles. The Labute approximate surface area is 149 Å². The van der Waals surface area contributed by atoms with Gasteiger partial charge in [0.25, 0.3) is 10.2 Å². The minimum atomic E-state index is -3.36. The molecular formula is C18H23N3O3S. The van der Waals surface area contributed by atoms with Crippen LogP contribution in [-0.2, 0) is 10.2 Å². The first kappa shape index (κ1) is 17.7. The summed E-state index contributed by atoms with van der Waals surface area (Å²) >= 11 is 0. The van der Waals surface area contributed by atoms with E-state index in [2.05, 4.69) is 4.90 Å². The van der Waals surface area contributed by atoms with Crippen molar-refractivity contribution in [3.05, 3.63) is 54.6 Å². The number of rotatable bonds is 5. The van der Waals surface area contributed by atoms with Gasteiger partial charge in [0.2, 0.25) is 0 Å². The Bertz CT molecular complexity index is 801. The van der Waals surface area contributed by atoms with Crippen molar-refractivity contribution in [1.82, 2.24) is 8.61 Å². The molecule has 1 aliphatic heterocycles. The third-order valence-corrected chi connectivity index (χ3v) is 6.14. The quantitative estimate of drug-likeness (QED) is 0.821. The van der Waals surface area contributed by atoms with E-state index in [1.807, 2.05) is 54.6 Å². The highest BCUT2D eigenvalue weighted by atomic mass is 32.2. The maximum atomic E-state index is 12.2. The largest absolute Gasteiger partial charge is 0.455 e. The van der Waals surface area contributed by atoms with Crippen LogP contribution in [0.5, 0.6) is 11.5 Å². The number of ether oxygens (including phenoxy) is 1. The lowest BCUT2D eigenvalue weighted by molar-refractivity contribution is 0.354. The van der Waals surface area contributed by atoms with E-state index in [1.165, 1.54) is 8.61 Å². The number of hydrogen-bond donors (Lipinski definition) is 0. The molecule has 1 fully saturated rings. The predicted molar refractivity (Wildman–Crippen MR) is 99.4 cm³/mol. The summed E-state index contributed by atoms with van der Waals surface area (Å²) in [6, 6.07) is 17.5. The van der Waals surface area contributed by atoms with Crippen molar-refractivity contribution in [2.24, 2.45) is 0 Å². The molecule has 0 atom stereocenters. The molecule has 25 heavy (non-hydrogen) atoms. The second-order valence-corrected chi connectivity index (χ2v) is 8.20. The lowest BCUT2D eigenvalue weighted by atomic mass is 10.2. The Morgan fingerprint density at radius 1 is 0.880 bits per heavy atom. The molecule has 1 aliphatic rings. The smallest absolute Gasteiger partial charge is 0.281 e. The van der Waals surface area contributed by atoms with Crippen molar-refractivity contribution in [3.8, 4) is 11.5 Å². The normalized spacial score (nSPS) is 16.2. The molecule has 0 aromatic heterocycles. The van der Waals surface area contributed by atoms with Gasteiger partial charge in [0.1, 0.15) is 5.75 Å². The fourth-order valence-electron chi connectivity index (χ4n) is 2.81. The molecule has 0 N–H and O–H groups in total. The van der Waals surface area contributed by atoms with Crippen LogP contribution in [0.25, 0.3) is 0 Å². The molecule has 2 aromatic rings. The van der Waals surface area contributed by atoms with Gasteiger partial charge in [-0.3, -0.25) is 0 Å². The zero-order chi connectivity index (χ0) is 17.9. The minimum absolute atomic E-state index is 0.459. The number of anilines is 1. The minimum Gasteiger partial charge on any atom is -0.455 e. The van der Waals surface area contributed by atoms with Crippen molar-refractivity contribution in [1.29, 1.82) is 0 Å². The number of nitrogens with zero attached hydrogens (tertiary/aromatic N) is 3. The van der Waals surface area contributed by atoms with Crippen LogP contribution >= 0.6 is 0 Å². The van der Waals surface area contributed by atoms with Gasteiger partial charge in [-0.1, -0.05) is 30.3 Å². The summed E-state index contributed by atoms with van der Waals surface area (Å²) in [6.07, 6.45) is 0. The molecule has 134 valence electrons. The van der Waals surface area contributed by atoms with Gasteiger partial charge in [-0.15, -0.1) is 0 Å². The second kappa shape index (κ2) is 7.43. The average molecular weight is 361 g/mol. The Kier molecular flexibility index (Phi) is 5.27. The highest BCUT2D eigenvalue weighted by molar-refractivity contribution is 7.86. The highest BCUT2D eigenvalue weighted by Gasteiger charge is 2.29. The fraction of sp³-hybridized carbons (Fsp3) is 0.333. The predicted octanol–water partition coefficient (Wildman–Crippen LogP) is 2.41. The number of para-hydroxylation sites is 3. The lowest BCUT2D eigenvalue weighted by Gasteiger charge is -2.36. The van der Waals surface area contributed by atoms with Crippen LogP contribution in [0, 0.1) is 0 Å². The standard InChI is InChI=1S/C18H23N3O3S/c1-19(2)25(22,23)21-14-12-20(13-15-21)17-10-6-7-11-18(17)24-16-8-4-3-5-9-16/h3-11H,12-15H2,1-2H3. The first-order valence-corrected chi connectivity index (χ1v) is 9.62. The van der Waals surface area contributed by atoms with Crippen molar-refractivity contribution >= 4 is 15.9 Å². The van der Waals surface area contributed by atoms with Crippen LogP contribution in [0.3, 0.4) is 0 Å². The molecule has 0 saturated carbocycles. The van der Waals surface area contributed by atoms with Gasteiger partial charge in [0.15, 0.2) is 5.75 Å². The van der Waals surface area contributed by atoms with E-state index in [1.54, 1.807) is 14.1 Å². The number of benzene rings is 2. The molecule has 0 unspecified atom stereocenters. The van der Waals surface area contributed by atoms with Crippen LogP contribution in [0.1, 0.15) is 0 Å².